The highest BCUT2D eigenvalue weighted by Crippen LogP contribution is 2.30. The monoisotopic (exact) mass is 261 g/mol. The summed E-state index contributed by atoms with van der Waals surface area (Å²) in [6, 6.07) is 0. The minimum Gasteiger partial charge on any atom is -0.303 e. The van der Waals surface area contributed by atoms with Crippen LogP contribution in [0.5, 0.6) is 0 Å². The number of hydrogen-bond donors (Lipinski definition) is 0. The van der Waals surface area contributed by atoms with Crippen LogP contribution in [-0.4, -0.2) is 29.9 Å². The van der Waals surface area contributed by atoms with Gasteiger partial charge in [0.25, 0.3) is 0 Å². The lowest BCUT2D eigenvalue weighted by atomic mass is 9.97. The van der Waals surface area contributed by atoms with Crippen LogP contribution in [0.3, 0.4) is 0 Å². The molecule has 0 amide bonds. The smallest absolute Gasteiger partial charge is 0.00743 e. The van der Waals surface area contributed by atoms with Gasteiger partial charge in [-0.15, -0.1) is 0 Å². The zero-order valence-electron chi connectivity index (χ0n) is 9.80. The predicted molar refractivity (Wildman–Crippen MR) is 67.0 cm³/mol. The number of rotatable bonds is 7. The van der Waals surface area contributed by atoms with Crippen molar-refractivity contribution in [3.8, 4) is 0 Å². The van der Waals surface area contributed by atoms with E-state index in [1.807, 2.05) is 0 Å². The van der Waals surface area contributed by atoms with Crippen molar-refractivity contribution in [2.24, 2.45) is 17.8 Å². The minimum atomic E-state index is 0.794. The van der Waals surface area contributed by atoms with E-state index in [-0.39, 0.29) is 0 Å². The van der Waals surface area contributed by atoms with E-state index in [0.717, 1.165) is 23.1 Å². The molecular formula is C12H24BrN. The van der Waals surface area contributed by atoms with E-state index < -0.39 is 0 Å². The molecule has 1 aliphatic rings. The van der Waals surface area contributed by atoms with Gasteiger partial charge >= 0.3 is 0 Å². The Morgan fingerprint density at radius 2 is 2.00 bits per heavy atom. The third-order valence-corrected chi connectivity index (χ3v) is 4.13. The van der Waals surface area contributed by atoms with Gasteiger partial charge in [-0.2, -0.15) is 0 Å². The van der Waals surface area contributed by atoms with E-state index in [1.165, 1.54) is 32.5 Å². The molecule has 0 N–H and O–H groups in total. The van der Waals surface area contributed by atoms with Crippen molar-refractivity contribution in [1.82, 2.24) is 4.90 Å². The van der Waals surface area contributed by atoms with Crippen LogP contribution in [0.15, 0.2) is 0 Å². The van der Waals surface area contributed by atoms with Crippen LogP contribution >= 0.6 is 15.9 Å². The largest absolute Gasteiger partial charge is 0.303 e. The van der Waals surface area contributed by atoms with Crippen molar-refractivity contribution >= 4 is 15.9 Å². The fourth-order valence-corrected chi connectivity index (χ4v) is 2.72. The first-order valence-electron chi connectivity index (χ1n) is 5.95. The standard InChI is InChI=1S/C12H24BrN/c1-4-14(8-11-5-6-11)9-12(7-13)10(2)3/h10-12H,4-9H2,1-3H3. The normalized spacial score (nSPS) is 19.3. The molecule has 0 aromatic heterocycles. The van der Waals surface area contributed by atoms with Gasteiger partial charge in [-0.3, -0.25) is 0 Å². The molecule has 0 saturated heterocycles. The highest BCUT2D eigenvalue weighted by atomic mass is 79.9. The summed E-state index contributed by atoms with van der Waals surface area (Å²) in [5, 5.41) is 1.14. The van der Waals surface area contributed by atoms with E-state index in [9.17, 15) is 0 Å². The summed E-state index contributed by atoms with van der Waals surface area (Å²) in [6.45, 7) is 10.8. The first-order chi connectivity index (χ1) is 6.67. The molecule has 1 saturated carbocycles. The number of alkyl halides is 1. The summed E-state index contributed by atoms with van der Waals surface area (Å²) in [6.07, 6.45) is 2.94. The van der Waals surface area contributed by atoms with Gasteiger partial charge in [0, 0.05) is 18.4 Å². The van der Waals surface area contributed by atoms with Gasteiger partial charge in [-0.25, -0.2) is 0 Å². The maximum Gasteiger partial charge on any atom is 0.00743 e. The molecule has 1 fully saturated rings. The van der Waals surface area contributed by atoms with Gasteiger partial charge < -0.3 is 4.90 Å². The summed E-state index contributed by atoms with van der Waals surface area (Å²) in [7, 11) is 0. The summed E-state index contributed by atoms with van der Waals surface area (Å²) < 4.78 is 0. The first kappa shape index (κ1) is 12.5. The van der Waals surface area contributed by atoms with Gasteiger partial charge in [0.1, 0.15) is 0 Å². The second-order valence-corrected chi connectivity index (χ2v) is 5.60. The van der Waals surface area contributed by atoms with Gasteiger partial charge in [0.2, 0.25) is 0 Å². The molecule has 1 rings (SSSR count). The van der Waals surface area contributed by atoms with E-state index in [2.05, 4.69) is 41.6 Å². The average Bonchev–Trinajstić information content (AvgIpc) is 2.95. The van der Waals surface area contributed by atoms with Crippen molar-refractivity contribution in [1.29, 1.82) is 0 Å². The predicted octanol–water partition coefficient (Wildman–Crippen LogP) is 3.39. The summed E-state index contributed by atoms with van der Waals surface area (Å²) in [5.74, 6) is 2.63. The highest BCUT2D eigenvalue weighted by molar-refractivity contribution is 9.09. The van der Waals surface area contributed by atoms with Crippen LogP contribution in [0.1, 0.15) is 33.6 Å². The minimum absolute atomic E-state index is 0.794. The van der Waals surface area contributed by atoms with Crippen molar-refractivity contribution < 1.29 is 0 Å². The number of hydrogen-bond acceptors (Lipinski definition) is 1. The fourth-order valence-electron chi connectivity index (χ4n) is 1.77. The van der Waals surface area contributed by atoms with E-state index >= 15 is 0 Å². The Hall–Kier alpha value is 0.440. The molecule has 2 heteroatoms. The Morgan fingerprint density at radius 3 is 2.36 bits per heavy atom. The number of nitrogens with zero attached hydrogens (tertiary/aromatic N) is 1. The van der Waals surface area contributed by atoms with Crippen molar-refractivity contribution in [2.45, 2.75) is 33.6 Å². The molecule has 0 heterocycles. The second-order valence-electron chi connectivity index (χ2n) is 4.95. The molecule has 0 radical (unpaired) electrons. The third kappa shape index (κ3) is 4.31. The van der Waals surface area contributed by atoms with Crippen LogP contribution in [-0.2, 0) is 0 Å². The lowest BCUT2D eigenvalue weighted by Gasteiger charge is -2.27. The molecule has 0 aromatic rings. The molecule has 1 atom stereocenters. The summed E-state index contributed by atoms with van der Waals surface area (Å²) in [4.78, 5) is 2.63. The maximum absolute atomic E-state index is 3.63. The van der Waals surface area contributed by atoms with Crippen LogP contribution in [0.2, 0.25) is 0 Å². The zero-order chi connectivity index (χ0) is 10.6. The Morgan fingerprint density at radius 1 is 1.36 bits per heavy atom. The first-order valence-corrected chi connectivity index (χ1v) is 7.07. The molecule has 1 unspecified atom stereocenters. The third-order valence-electron chi connectivity index (χ3n) is 3.29. The molecule has 84 valence electrons. The quantitative estimate of drug-likeness (QED) is 0.636. The van der Waals surface area contributed by atoms with Crippen LogP contribution in [0.4, 0.5) is 0 Å². The van der Waals surface area contributed by atoms with E-state index in [4.69, 9.17) is 0 Å². The van der Waals surface area contributed by atoms with E-state index in [1.54, 1.807) is 0 Å². The van der Waals surface area contributed by atoms with E-state index in [0.29, 0.717) is 0 Å². The zero-order valence-corrected chi connectivity index (χ0v) is 11.4. The Labute approximate surface area is 97.4 Å². The Kier molecular flexibility index (Phi) is 5.47. The highest BCUT2D eigenvalue weighted by Gasteiger charge is 2.25. The maximum atomic E-state index is 3.63. The lowest BCUT2D eigenvalue weighted by Crippen LogP contribution is -2.33. The molecule has 0 bridgehead atoms. The van der Waals surface area contributed by atoms with Crippen LogP contribution in [0, 0.1) is 17.8 Å². The van der Waals surface area contributed by atoms with Crippen LogP contribution in [0.25, 0.3) is 0 Å². The Balaban J connectivity index is 2.28. The van der Waals surface area contributed by atoms with Crippen molar-refractivity contribution in [3.63, 3.8) is 0 Å². The number of halogens is 1. The van der Waals surface area contributed by atoms with Gasteiger partial charge in [-0.1, -0.05) is 36.7 Å². The summed E-state index contributed by atoms with van der Waals surface area (Å²) in [5.41, 5.74) is 0. The summed E-state index contributed by atoms with van der Waals surface area (Å²) >= 11 is 3.63. The Bertz CT molecular complexity index is 154. The molecule has 14 heavy (non-hydrogen) atoms. The SMILES string of the molecule is CCN(CC1CC1)CC(CBr)C(C)C. The second kappa shape index (κ2) is 6.12. The van der Waals surface area contributed by atoms with Crippen molar-refractivity contribution in [2.75, 3.05) is 25.0 Å². The lowest BCUT2D eigenvalue weighted by molar-refractivity contribution is 0.216. The van der Waals surface area contributed by atoms with Gasteiger partial charge in [-0.05, 0) is 37.1 Å². The van der Waals surface area contributed by atoms with Gasteiger partial charge in [0.05, 0.1) is 0 Å². The molecule has 1 nitrogen and oxygen atoms in total. The molecule has 0 aromatic carbocycles. The fraction of sp³-hybridized carbons (Fsp3) is 1.00. The average molecular weight is 262 g/mol. The topological polar surface area (TPSA) is 3.24 Å². The molecule has 0 spiro atoms. The van der Waals surface area contributed by atoms with Crippen LogP contribution < -0.4 is 0 Å². The molecular weight excluding hydrogens is 238 g/mol. The molecule has 0 aliphatic heterocycles. The van der Waals surface area contributed by atoms with Gasteiger partial charge in [0.15, 0.2) is 0 Å². The molecule has 1 aliphatic carbocycles. The van der Waals surface area contributed by atoms with Crippen molar-refractivity contribution in [3.05, 3.63) is 0 Å².